The fraction of sp³-hybridized carbons (Fsp3) is 0.250. The van der Waals surface area contributed by atoms with Crippen molar-refractivity contribution in [1.29, 1.82) is 0 Å². The van der Waals surface area contributed by atoms with E-state index in [0.717, 1.165) is 19.6 Å². The van der Waals surface area contributed by atoms with Crippen LogP contribution in [0.3, 0.4) is 0 Å². The van der Waals surface area contributed by atoms with Crippen molar-refractivity contribution in [3.8, 4) is 5.75 Å². The molecule has 2 rings (SSSR count). The molecule has 0 bridgehead atoms. The van der Waals surface area contributed by atoms with Gasteiger partial charge in [-0.3, -0.25) is 4.21 Å². The standard InChI is InChI=1S/C16H17IO3S/c1-11-6-8-12(9-7-11)21(19)10-14(18)13-4-3-5-15(20-2)16(13)17/h3-9,14,18H,10H2,1-2H3/t14-,21?/m0/s1. The average molecular weight is 416 g/mol. The molecule has 0 radical (unpaired) electrons. The summed E-state index contributed by atoms with van der Waals surface area (Å²) in [5.41, 5.74) is 1.87. The molecule has 0 saturated carbocycles. The molecule has 0 aliphatic heterocycles. The van der Waals surface area contributed by atoms with E-state index >= 15 is 0 Å². The molecule has 0 aliphatic carbocycles. The molecule has 0 fully saturated rings. The lowest BCUT2D eigenvalue weighted by atomic mass is 10.1. The first kappa shape index (κ1) is 16.5. The Morgan fingerprint density at radius 3 is 2.52 bits per heavy atom. The molecule has 0 aliphatic rings. The van der Waals surface area contributed by atoms with Gasteiger partial charge in [-0.25, -0.2) is 0 Å². The monoisotopic (exact) mass is 416 g/mol. The Kier molecular flexibility index (Phi) is 5.78. The van der Waals surface area contributed by atoms with Crippen LogP contribution in [0.1, 0.15) is 17.2 Å². The number of methoxy groups -OCH3 is 1. The van der Waals surface area contributed by atoms with Gasteiger partial charge < -0.3 is 9.84 Å². The molecule has 1 unspecified atom stereocenters. The smallest absolute Gasteiger partial charge is 0.132 e. The molecule has 1 N–H and O–H groups in total. The van der Waals surface area contributed by atoms with Gasteiger partial charge in [0.1, 0.15) is 5.75 Å². The highest BCUT2D eigenvalue weighted by Gasteiger charge is 2.17. The molecule has 5 heteroatoms. The van der Waals surface area contributed by atoms with Crippen LogP contribution in [0.15, 0.2) is 47.4 Å². The molecule has 21 heavy (non-hydrogen) atoms. The summed E-state index contributed by atoms with van der Waals surface area (Å²) in [6.07, 6.45) is -0.783. The van der Waals surface area contributed by atoms with Gasteiger partial charge in [0.05, 0.1) is 33.3 Å². The second-order valence-electron chi connectivity index (χ2n) is 4.70. The number of rotatable bonds is 5. The van der Waals surface area contributed by atoms with Gasteiger partial charge in [0.2, 0.25) is 0 Å². The van der Waals surface area contributed by atoms with Gasteiger partial charge >= 0.3 is 0 Å². The first-order valence-corrected chi connectivity index (χ1v) is 8.88. The molecule has 0 amide bonds. The molecule has 0 aromatic heterocycles. The van der Waals surface area contributed by atoms with Crippen LogP contribution in [0, 0.1) is 10.5 Å². The van der Waals surface area contributed by atoms with Gasteiger partial charge in [-0.2, -0.15) is 0 Å². The normalized spacial score (nSPS) is 13.7. The molecule has 0 heterocycles. The van der Waals surface area contributed by atoms with Crippen molar-refractivity contribution in [2.75, 3.05) is 12.9 Å². The Hall–Kier alpha value is -0.920. The number of aliphatic hydroxyl groups excluding tert-OH is 1. The van der Waals surface area contributed by atoms with Crippen LogP contribution in [0.5, 0.6) is 5.75 Å². The molecule has 0 spiro atoms. The van der Waals surface area contributed by atoms with Gasteiger partial charge in [0, 0.05) is 4.90 Å². The summed E-state index contributed by atoms with van der Waals surface area (Å²) >= 11 is 2.14. The number of hydrogen-bond donors (Lipinski definition) is 1. The molecule has 2 aromatic rings. The SMILES string of the molecule is COc1cccc([C@@H](O)CS(=O)c2ccc(C)cc2)c1I. The number of ether oxygens (including phenoxy) is 1. The summed E-state index contributed by atoms with van der Waals surface area (Å²) < 4.78 is 18.4. The Bertz CT molecular complexity index is 640. The van der Waals surface area contributed by atoms with Crippen molar-refractivity contribution >= 4 is 33.4 Å². The molecule has 2 aromatic carbocycles. The second kappa shape index (κ2) is 7.38. The number of hydrogen-bond acceptors (Lipinski definition) is 3. The first-order valence-electron chi connectivity index (χ1n) is 6.48. The van der Waals surface area contributed by atoms with Gasteiger partial charge in [-0.05, 0) is 53.3 Å². The maximum atomic E-state index is 12.3. The van der Waals surface area contributed by atoms with E-state index in [4.69, 9.17) is 4.74 Å². The summed E-state index contributed by atoms with van der Waals surface area (Å²) in [5.74, 6) is 0.889. The quantitative estimate of drug-likeness (QED) is 0.760. The van der Waals surface area contributed by atoms with Crippen molar-refractivity contribution in [2.24, 2.45) is 0 Å². The molecule has 112 valence electrons. The van der Waals surface area contributed by atoms with E-state index in [-0.39, 0.29) is 5.75 Å². The van der Waals surface area contributed by atoms with Crippen molar-refractivity contribution in [2.45, 2.75) is 17.9 Å². The number of aryl methyl sites for hydroxylation is 1. The zero-order valence-electron chi connectivity index (χ0n) is 11.9. The van der Waals surface area contributed by atoms with Gasteiger partial charge in [0.25, 0.3) is 0 Å². The van der Waals surface area contributed by atoms with Crippen LogP contribution in [-0.4, -0.2) is 22.2 Å². The average Bonchev–Trinajstić information content (AvgIpc) is 2.48. The summed E-state index contributed by atoms with van der Waals surface area (Å²) in [6, 6.07) is 13.0. The lowest BCUT2D eigenvalue weighted by Crippen LogP contribution is -2.11. The minimum atomic E-state index is -1.23. The van der Waals surface area contributed by atoms with E-state index in [1.807, 2.05) is 49.4 Å². The number of aliphatic hydroxyl groups is 1. The number of halogens is 1. The van der Waals surface area contributed by atoms with Gasteiger partial charge in [-0.1, -0.05) is 29.8 Å². The molecule has 0 saturated heterocycles. The predicted molar refractivity (Wildman–Crippen MR) is 93.1 cm³/mol. The topological polar surface area (TPSA) is 46.5 Å². The summed E-state index contributed by atoms with van der Waals surface area (Å²) in [5, 5.41) is 10.4. The van der Waals surface area contributed by atoms with Crippen molar-refractivity contribution in [3.05, 3.63) is 57.2 Å². The second-order valence-corrected chi connectivity index (χ2v) is 7.28. The lowest BCUT2D eigenvalue weighted by Gasteiger charge is -2.14. The third-order valence-electron chi connectivity index (χ3n) is 3.17. The maximum absolute atomic E-state index is 12.3. The highest BCUT2D eigenvalue weighted by molar-refractivity contribution is 14.1. The highest BCUT2D eigenvalue weighted by atomic mass is 127. The third-order valence-corrected chi connectivity index (χ3v) is 5.74. The van der Waals surface area contributed by atoms with Gasteiger partial charge in [0.15, 0.2) is 0 Å². The van der Waals surface area contributed by atoms with E-state index in [2.05, 4.69) is 22.6 Å². The van der Waals surface area contributed by atoms with Crippen LogP contribution in [-0.2, 0) is 10.8 Å². The van der Waals surface area contributed by atoms with Crippen molar-refractivity contribution < 1.29 is 14.1 Å². The van der Waals surface area contributed by atoms with E-state index in [9.17, 15) is 9.32 Å². The van der Waals surface area contributed by atoms with Crippen LogP contribution in [0.2, 0.25) is 0 Å². The Morgan fingerprint density at radius 1 is 1.24 bits per heavy atom. The van der Waals surface area contributed by atoms with E-state index in [1.54, 1.807) is 7.11 Å². The van der Waals surface area contributed by atoms with Crippen molar-refractivity contribution in [1.82, 2.24) is 0 Å². The zero-order valence-corrected chi connectivity index (χ0v) is 14.8. The summed E-state index contributed by atoms with van der Waals surface area (Å²) in [6.45, 7) is 1.99. The van der Waals surface area contributed by atoms with Crippen molar-refractivity contribution in [3.63, 3.8) is 0 Å². The highest BCUT2D eigenvalue weighted by Crippen LogP contribution is 2.29. The number of benzene rings is 2. The predicted octanol–water partition coefficient (Wildman–Crippen LogP) is 3.45. The lowest BCUT2D eigenvalue weighted by molar-refractivity contribution is 0.201. The first-order chi connectivity index (χ1) is 10.0. The fourth-order valence-electron chi connectivity index (χ4n) is 1.96. The van der Waals surface area contributed by atoms with Crippen LogP contribution in [0.4, 0.5) is 0 Å². The van der Waals surface area contributed by atoms with Crippen LogP contribution < -0.4 is 4.74 Å². The zero-order chi connectivity index (χ0) is 15.4. The van der Waals surface area contributed by atoms with Crippen LogP contribution in [0.25, 0.3) is 0 Å². The van der Waals surface area contributed by atoms with Gasteiger partial charge in [-0.15, -0.1) is 0 Å². The summed E-state index contributed by atoms with van der Waals surface area (Å²) in [4.78, 5) is 0.734. The maximum Gasteiger partial charge on any atom is 0.132 e. The molecule has 3 nitrogen and oxygen atoms in total. The molecular weight excluding hydrogens is 399 g/mol. The Labute approximate surface area is 140 Å². The van der Waals surface area contributed by atoms with E-state index < -0.39 is 16.9 Å². The summed E-state index contributed by atoms with van der Waals surface area (Å²) in [7, 11) is 0.362. The third kappa shape index (κ3) is 4.05. The minimum Gasteiger partial charge on any atom is -0.496 e. The Morgan fingerprint density at radius 2 is 1.90 bits per heavy atom. The largest absolute Gasteiger partial charge is 0.496 e. The van der Waals surface area contributed by atoms with E-state index in [0.29, 0.717) is 5.75 Å². The van der Waals surface area contributed by atoms with E-state index in [1.165, 1.54) is 0 Å². The molecule has 2 atom stereocenters. The minimum absolute atomic E-state index is 0.173. The fourth-order valence-corrected chi connectivity index (χ4v) is 4.00. The van der Waals surface area contributed by atoms with Crippen LogP contribution >= 0.6 is 22.6 Å². The Balaban J connectivity index is 2.16. The molecular formula is C16H17IO3S.